The first-order chi connectivity index (χ1) is 9.58. The second kappa shape index (κ2) is 8.68. The summed E-state index contributed by atoms with van der Waals surface area (Å²) in [4.78, 5) is 25.7. The molecule has 0 bridgehead atoms. The zero-order valence-electron chi connectivity index (χ0n) is 11.4. The quantitative estimate of drug-likeness (QED) is 0.636. The fraction of sp³-hybridized carbons (Fsp3) is 0.538. The highest BCUT2D eigenvalue weighted by atomic mass is 32.1. The van der Waals surface area contributed by atoms with Gasteiger partial charge in [-0.25, -0.2) is 0 Å². The summed E-state index contributed by atoms with van der Waals surface area (Å²) >= 11 is 1.47. The van der Waals surface area contributed by atoms with Crippen LogP contribution in [-0.2, 0) is 9.59 Å². The number of amides is 2. The minimum absolute atomic E-state index is 0.111. The molecule has 1 heterocycles. The average Bonchev–Trinajstić information content (AvgIpc) is 2.91. The van der Waals surface area contributed by atoms with Gasteiger partial charge in [0, 0.05) is 24.9 Å². The number of nitrogens with zero attached hydrogens (tertiary/aromatic N) is 1. The van der Waals surface area contributed by atoms with Crippen LogP contribution in [-0.4, -0.2) is 53.2 Å². The first kappa shape index (κ1) is 16.6. The number of thiophene rings is 1. The molecule has 0 spiro atoms. The second-order valence-electron chi connectivity index (χ2n) is 4.30. The van der Waals surface area contributed by atoms with Crippen molar-refractivity contribution < 1.29 is 19.8 Å². The van der Waals surface area contributed by atoms with Gasteiger partial charge in [-0.15, -0.1) is 11.3 Å². The number of aliphatic hydroxyl groups excluding tert-OH is 2. The van der Waals surface area contributed by atoms with E-state index in [4.69, 9.17) is 10.2 Å². The number of hydrogen-bond donors (Lipinski definition) is 3. The molecule has 0 aliphatic carbocycles. The van der Waals surface area contributed by atoms with Crippen LogP contribution >= 0.6 is 11.3 Å². The molecule has 0 aromatic carbocycles. The van der Waals surface area contributed by atoms with E-state index < -0.39 is 0 Å². The van der Waals surface area contributed by atoms with Gasteiger partial charge >= 0.3 is 0 Å². The molecular weight excluding hydrogens is 280 g/mol. The molecule has 2 amide bonds. The van der Waals surface area contributed by atoms with Crippen molar-refractivity contribution >= 4 is 23.2 Å². The SMILES string of the molecule is CC(=O)NC(CC(=O)N(CCO)CCO)c1cccs1. The molecular formula is C13H20N2O4S. The van der Waals surface area contributed by atoms with Crippen molar-refractivity contribution in [2.75, 3.05) is 26.3 Å². The Morgan fingerprint density at radius 2 is 2.00 bits per heavy atom. The Hall–Kier alpha value is -1.44. The van der Waals surface area contributed by atoms with E-state index in [2.05, 4.69) is 5.32 Å². The van der Waals surface area contributed by atoms with E-state index in [1.165, 1.54) is 23.2 Å². The molecule has 20 heavy (non-hydrogen) atoms. The Morgan fingerprint density at radius 1 is 1.35 bits per heavy atom. The fourth-order valence-electron chi connectivity index (χ4n) is 1.86. The fourth-order valence-corrected chi connectivity index (χ4v) is 2.64. The maximum Gasteiger partial charge on any atom is 0.225 e. The molecule has 1 aromatic rings. The lowest BCUT2D eigenvalue weighted by molar-refractivity contribution is -0.133. The number of carbonyl (C=O) groups excluding carboxylic acids is 2. The van der Waals surface area contributed by atoms with Crippen molar-refractivity contribution in [1.82, 2.24) is 10.2 Å². The van der Waals surface area contributed by atoms with Crippen LogP contribution in [0.5, 0.6) is 0 Å². The standard InChI is InChI=1S/C13H20N2O4S/c1-10(18)14-11(12-3-2-8-20-12)9-13(19)15(4-6-16)5-7-17/h2-3,8,11,16-17H,4-7,9H2,1H3,(H,14,18). The van der Waals surface area contributed by atoms with E-state index >= 15 is 0 Å². The Kier molecular flexibility index (Phi) is 7.21. The molecule has 0 radical (unpaired) electrons. The van der Waals surface area contributed by atoms with Gasteiger partial charge in [0.05, 0.1) is 25.7 Å². The molecule has 0 aliphatic rings. The van der Waals surface area contributed by atoms with Gasteiger partial charge in [-0.05, 0) is 11.4 Å². The molecule has 0 saturated carbocycles. The lowest BCUT2D eigenvalue weighted by Gasteiger charge is -2.24. The summed E-state index contributed by atoms with van der Waals surface area (Å²) in [7, 11) is 0. The lowest BCUT2D eigenvalue weighted by atomic mass is 10.1. The Morgan fingerprint density at radius 3 is 2.45 bits per heavy atom. The summed E-state index contributed by atoms with van der Waals surface area (Å²) in [5, 5.41) is 22.5. The third-order valence-corrected chi connectivity index (χ3v) is 3.72. The summed E-state index contributed by atoms with van der Waals surface area (Å²) < 4.78 is 0. The van der Waals surface area contributed by atoms with Crippen molar-refractivity contribution in [3.8, 4) is 0 Å². The van der Waals surface area contributed by atoms with Crippen LogP contribution in [0.15, 0.2) is 17.5 Å². The van der Waals surface area contributed by atoms with Gasteiger partial charge in [0.1, 0.15) is 0 Å². The van der Waals surface area contributed by atoms with Gasteiger partial charge in [-0.1, -0.05) is 6.07 Å². The summed E-state index contributed by atoms with van der Waals surface area (Å²) in [6.07, 6.45) is 0.111. The van der Waals surface area contributed by atoms with Gasteiger partial charge in [0.15, 0.2) is 0 Å². The van der Waals surface area contributed by atoms with E-state index in [0.717, 1.165) is 4.88 Å². The zero-order valence-corrected chi connectivity index (χ0v) is 12.2. The van der Waals surface area contributed by atoms with Crippen LogP contribution in [0.1, 0.15) is 24.3 Å². The van der Waals surface area contributed by atoms with Gasteiger partial charge in [0.2, 0.25) is 11.8 Å². The van der Waals surface area contributed by atoms with Crippen molar-refractivity contribution in [2.45, 2.75) is 19.4 Å². The molecule has 1 rings (SSSR count). The Bertz CT molecular complexity index is 416. The van der Waals surface area contributed by atoms with E-state index in [-0.39, 0.29) is 50.6 Å². The van der Waals surface area contributed by atoms with Crippen LogP contribution in [0, 0.1) is 0 Å². The van der Waals surface area contributed by atoms with Crippen molar-refractivity contribution in [2.24, 2.45) is 0 Å². The topological polar surface area (TPSA) is 89.9 Å². The number of carbonyl (C=O) groups is 2. The van der Waals surface area contributed by atoms with Gasteiger partial charge in [0.25, 0.3) is 0 Å². The van der Waals surface area contributed by atoms with Gasteiger partial charge in [-0.3, -0.25) is 9.59 Å². The molecule has 0 fully saturated rings. The monoisotopic (exact) mass is 300 g/mol. The van der Waals surface area contributed by atoms with Crippen molar-refractivity contribution in [1.29, 1.82) is 0 Å². The van der Waals surface area contributed by atoms with Crippen LogP contribution in [0.3, 0.4) is 0 Å². The van der Waals surface area contributed by atoms with E-state index in [0.29, 0.717) is 0 Å². The van der Waals surface area contributed by atoms with Crippen LogP contribution in [0.4, 0.5) is 0 Å². The number of nitrogens with one attached hydrogen (secondary N) is 1. The molecule has 0 aliphatic heterocycles. The third kappa shape index (κ3) is 5.28. The average molecular weight is 300 g/mol. The molecule has 6 nitrogen and oxygen atoms in total. The smallest absolute Gasteiger partial charge is 0.225 e. The van der Waals surface area contributed by atoms with Gasteiger partial charge < -0.3 is 20.4 Å². The van der Waals surface area contributed by atoms with E-state index in [1.807, 2.05) is 17.5 Å². The van der Waals surface area contributed by atoms with Crippen LogP contribution in [0.25, 0.3) is 0 Å². The minimum atomic E-state index is -0.375. The van der Waals surface area contributed by atoms with E-state index in [9.17, 15) is 9.59 Å². The maximum atomic E-state index is 12.2. The highest BCUT2D eigenvalue weighted by Crippen LogP contribution is 2.22. The van der Waals surface area contributed by atoms with Crippen LogP contribution in [0.2, 0.25) is 0 Å². The third-order valence-electron chi connectivity index (χ3n) is 2.74. The number of hydrogen-bond acceptors (Lipinski definition) is 5. The summed E-state index contributed by atoms with van der Waals surface area (Å²) in [6, 6.07) is 3.35. The molecule has 0 saturated heterocycles. The molecule has 1 aromatic heterocycles. The second-order valence-corrected chi connectivity index (χ2v) is 5.28. The Labute approximate surface area is 122 Å². The van der Waals surface area contributed by atoms with Crippen LogP contribution < -0.4 is 5.32 Å². The molecule has 1 unspecified atom stereocenters. The summed E-state index contributed by atoms with van der Waals surface area (Å²) in [5.41, 5.74) is 0. The van der Waals surface area contributed by atoms with Crippen molar-refractivity contribution in [3.63, 3.8) is 0 Å². The largest absolute Gasteiger partial charge is 0.395 e. The molecule has 1 atom stereocenters. The summed E-state index contributed by atoms with van der Waals surface area (Å²) in [5.74, 6) is -0.410. The first-order valence-corrected chi connectivity index (χ1v) is 7.26. The number of aliphatic hydroxyl groups is 2. The van der Waals surface area contributed by atoms with Crippen molar-refractivity contribution in [3.05, 3.63) is 22.4 Å². The number of rotatable bonds is 8. The Balaban J connectivity index is 2.72. The molecule has 3 N–H and O–H groups in total. The highest BCUT2D eigenvalue weighted by molar-refractivity contribution is 7.10. The molecule has 7 heteroatoms. The first-order valence-electron chi connectivity index (χ1n) is 6.38. The highest BCUT2D eigenvalue weighted by Gasteiger charge is 2.21. The lowest BCUT2D eigenvalue weighted by Crippen LogP contribution is -2.38. The van der Waals surface area contributed by atoms with E-state index in [1.54, 1.807) is 0 Å². The predicted molar refractivity (Wildman–Crippen MR) is 76.2 cm³/mol. The maximum absolute atomic E-state index is 12.2. The zero-order chi connectivity index (χ0) is 15.0. The predicted octanol–water partition coefficient (Wildman–Crippen LogP) is 0.129. The molecule has 112 valence electrons. The normalized spacial score (nSPS) is 11.9. The minimum Gasteiger partial charge on any atom is -0.395 e. The van der Waals surface area contributed by atoms with Gasteiger partial charge in [-0.2, -0.15) is 0 Å². The summed E-state index contributed by atoms with van der Waals surface area (Å²) in [6.45, 7) is 1.45.